The predicted octanol–water partition coefficient (Wildman–Crippen LogP) is 2.10. The molecule has 1 heterocycles. The van der Waals surface area contributed by atoms with Crippen molar-refractivity contribution >= 4 is 6.08 Å². The van der Waals surface area contributed by atoms with Crippen molar-refractivity contribution < 1.29 is 9.53 Å². The number of benzene rings is 1. The average Bonchev–Trinajstić information content (AvgIpc) is 2.80. The van der Waals surface area contributed by atoms with E-state index in [2.05, 4.69) is 4.99 Å². The molecule has 0 bridgehead atoms. The minimum absolute atomic E-state index is 0.0915. The van der Waals surface area contributed by atoms with E-state index in [1.807, 2.05) is 30.3 Å². The highest BCUT2D eigenvalue weighted by Gasteiger charge is 2.26. The van der Waals surface area contributed by atoms with Gasteiger partial charge in [0.15, 0.2) is 0 Å². The average molecular weight is 203 g/mol. The summed E-state index contributed by atoms with van der Waals surface area (Å²) in [6.07, 6.45) is 2.63. The second kappa shape index (κ2) is 4.87. The minimum Gasteiger partial charge on any atom is -0.381 e. The van der Waals surface area contributed by atoms with Crippen LogP contribution in [0.2, 0.25) is 0 Å². The third-order valence-corrected chi connectivity index (χ3v) is 2.74. The zero-order chi connectivity index (χ0) is 10.5. The molecule has 0 amide bonds. The third-order valence-electron chi connectivity index (χ3n) is 2.74. The summed E-state index contributed by atoms with van der Waals surface area (Å²) in [4.78, 5) is 14.3. The molecule has 2 rings (SSSR count). The number of isocyanates is 1. The standard InChI is InChI=1S/C12H13NO2/c14-9-13-12(11-6-7-15-8-11)10-4-2-1-3-5-10/h1-5,11-12H,6-8H2. The fourth-order valence-electron chi connectivity index (χ4n) is 1.96. The summed E-state index contributed by atoms with van der Waals surface area (Å²) < 4.78 is 5.32. The Kier molecular flexibility index (Phi) is 3.28. The molecule has 1 aliphatic rings. The topological polar surface area (TPSA) is 38.7 Å². The quantitative estimate of drug-likeness (QED) is 0.557. The van der Waals surface area contributed by atoms with Crippen LogP contribution < -0.4 is 0 Å². The predicted molar refractivity (Wildman–Crippen MR) is 56.2 cm³/mol. The van der Waals surface area contributed by atoms with Gasteiger partial charge in [0, 0.05) is 12.5 Å². The number of aliphatic imine (C=N–C) groups is 1. The van der Waals surface area contributed by atoms with Crippen LogP contribution >= 0.6 is 0 Å². The number of carbonyl (C=O) groups excluding carboxylic acids is 1. The summed E-state index contributed by atoms with van der Waals surface area (Å²) in [5.74, 6) is 0.314. The van der Waals surface area contributed by atoms with Crippen LogP contribution in [0.15, 0.2) is 35.3 Å². The van der Waals surface area contributed by atoms with Crippen molar-refractivity contribution in [3.8, 4) is 0 Å². The second-order valence-electron chi connectivity index (χ2n) is 3.70. The van der Waals surface area contributed by atoms with Crippen LogP contribution in [0.25, 0.3) is 0 Å². The number of ether oxygens (including phenoxy) is 1. The van der Waals surface area contributed by atoms with Gasteiger partial charge in [-0.05, 0) is 12.0 Å². The Labute approximate surface area is 88.8 Å². The Bertz CT molecular complexity index is 351. The molecule has 0 N–H and O–H groups in total. The van der Waals surface area contributed by atoms with Gasteiger partial charge in [0.05, 0.1) is 12.6 Å². The smallest absolute Gasteiger partial charge is 0.235 e. The molecule has 78 valence electrons. The highest BCUT2D eigenvalue weighted by molar-refractivity contribution is 5.36. The third kappa shape index (κ3) is 2.32. The van der Waals surface area contributed by atoms with E-state index in [4.69, 9.17) is 4.74 Å². The normalized spacial score (nSPS) is 22.0. The summed E-state index contributed by atoms with van der Waals surface area (Å²) in [7, 11) is 0. The van der Waals surface area contributed by atoms with E-state index < -0.39 is 0 Å². The largest absolute Gasteiger partial charge is 0.381 e. The van der Waals surface area contributed by atoms with Crippen molar-refractivity contribution in [3.63, 3.8) is 0 Å². The highest BCUT2D eigenvalue weighted by Crippen LogP contribution is 2.31. The first-order valence-electron chi connectivity index (χ1n) is 5.11. The first kappa shape index (κ1) is 10.1. The SMILES string of the molecule is O=C=NC(c1ccccc1)C1CCOC1. The van der Waals surface area contributed by atoms with E-state index >= 15 is 0 Å². The van der Waals surface area contributed by atoms with Crippen molar-refractivity contribution in [1.82, 2.24) is 0 Å². The van der Waals surface area contributed by atoms with Crippen LogP contribution in [0.3, 0.4) is 0 Å². The summed E-state index contributed by atoms with van der Waals surface area (Å²) in [5.41, 5.74) is 1.07. The molecule has 1 saturated heterocycles. The van der Waals surface area contributed by atoms with Gasteiger partial charge in [-0.3, -0.25) is 0 Å². The molecule has 15 heavy (non-hydrogen) atoms. The second-order valence-corrected chi connectivity index (χ2v) is 3.70. The van der Waals surface area contributed by atoms with Gasteiger partial charge >= 0.3 is 0 Å². The number of hydrogen-bond donors (Lipinski definition) is 0. The summed E-state index contributed by atoms with van der Waals surface area (Å²) in [6.45, 7) is 1.45. The van der Waals surface area contributed by atoms with Crippen molar-refractivity contribution in [2.45, 2.75) is 12.5 Å². The zero-order valence-electron chi connectivity index (χ0n) is 8.43. The molecule has 2 unspecified atom stereocenters. The van der Waals surface area contributed by atoms with Crippen LogP contribution in [-0.2, 0) is 9.53 Å². The van der Waals surface area contributed by atoms with E-state index in [1.54, 1.807) is 6.08 Å². The van der Waals surface area contributed by atoms with Gasteiger partial charge in [-0.2, -0.15) is 4.99 Å². The molecule has 2 atom stereocenters. The van der Waals surface area contributed by atoms with Crippen LogP contribution in [0.4, 0.5) is 0 Å². The van der Waals surface area contributed by atoms with Crippen LogP contribution in [0.1, 0.15) is 18.0 Å². The molecule has 1 aromatic rings. The lowest BCUT2D eigenvalue weighted by Gasteiger charge is -2.16. The maximum Gasteiger partial charge on any atom is 0.235 e. The van der Waals surface area contributed by atoms with Crippen molar-refractivity contribution in [2.24, 2.45) is 10.9 Å². The molecule has 1 aromatic carbocycles. The van der Waals surface area contributed by atoms with E-state index in [9.17, 15) is 4.79 Å². The fourth-order valence-corrected chi connectivity index (χ4v) is 1.96. The van der Waals surface area contributed by atoms with Gasteiger partial charge in [0.25, 0.3) is 0 Å². The maximum atomic E-state index is 10.4. The molecule has 0 saturated carbocycles. The molecule has 0 radical (unpaired) electrons. The van der Waals surface area contributed by atoms with E-state index in [-0.39, 0.29) is 6.04 Å². The van der Waals surface area contributed by atoms with Gasteiger partial charge in [-0.1, -0.05) is 30.3 Å². The fraction of sp³-hybridized carbons (Fsp3) is 0.417. The molecule has 3 nitrogen and oxygen atoms in total. The number of rotatable bonds is 3. The Morgan fingerprint density at radius 1 is 1.40 bits per heavy atom. The Morgan fingerprint density at radius 3 is 2.80 bits per heavy atom. The van der Waals surface area contributed by atoms with Crippen molar-refractivity contribution in [3.05, 3.63) is 35.9 Å². The lowest BCUT2D eigenvalue weighted by molar-refractivity contribution is 0.181. The summed E-state index contributed by atoms with van der Waals surface area (Å²) in [5, 5.41) is 0. The van der Waals surface area contributed by atoms with E-state index in [0.717, 1.165) is 18.6 Å². The van der Waals surface area contributed by atoms with Gasteiger partial charge in [0.1, 0.15) is 0 Å². The number of nitrogens with zero attached hydrogens (tertiary/aromatic N) is 1. The van der Waals surface area contributed by atoms with Gasteiger partial charge in [-0.25, -0.2) is 4.79 Å². The van der Waals surface area contributed by atoms with Crippen molar-refractivity contribution in [2.75, 3.05) is 13.2 Å². The minimum atomic E-state index is -0.0915. The molecule has 0 aliphatic carbocycles. The molecule has 1 fully saturated rings. The monoisotopic (exact) mass is 203 g/mol. The van der Waals surface area contributed by atoms with E-state index in [1.165, 1.54) is 0 Å². The van der Waals surface area contributed by atoms with Crippen LogP contribution in [-0.4, -0.2) is 19.3 Å². The van der Waals surface area contributed by atoms with Gasteiger partial charge < -0.3 is 4.74 Å². The lowest BCUT2D eigenvalue weighted by atomic mass is 9.93. The number of hydrogen-bond acceptors (Lipinski definition) is 3. The molecule has 1 aliphatic heterocycles. The molecular weight excluding hydrogens is 190 g/mol. The van der Waals surface area contributed by atoms with E-state index in [0.29, 0.717) is 12.5 Å². The maximum absolute atomic E-state index is 10.4. The molecule has 0 aromatic heterocycles. The Balaban J connectivity index is 2.23. The highest BCUT2D eigenvalue weighted by atomic mass is 16.5. The Hall–Kier alpha value is -1.44. The first-order valence-corrected chi connectivity index (χ1v) is 5.11. The molecular formula is C12H13NO2. The Morgan fingerprint density at radius 2 is 2.20 bits per heavy atom. The van der Waals surface area contributed by atoms with Crippen LogP contribution in [0.5, 0.6) is 0 Å². The van der Waals surface area contributed by atoms with Crippen molar-refractivity contribution in [1.29, 1.82) is 0 Å². The first-order chi connectivity index (χ1) is 7.42. The van der Waals surface area contributed by atoms with Gasteiger partial charge in [0.2, 0.25) is 6.08 Å². The molecule has 0 spiro atoms. The lowest BCUT2D eigenvalue weighted by Crippen LogP contribution is -2.10. The van der Waals surface area contributed by atoms with Gasteiger partial charge in [-0.15, -0.1) is 0 Å². The zero-order valence-corrected chi connectivity index (χ0v) is 8.43. The summed E-state index contributed by atoms with van der Waals surface area (Å²) in [6, 6.07) is 9.76. The van der Waals surface area contributed by atoms with Crippen LogP contribution in [0, 0.1) is 5.92 Å². The molecule has 3 heteroatoms. The summed E-state index contributed by atoms with van der Waals surface area (Å²) >= 11 is 0.